The van der Waals surface area contributed by atoms with E-state index in [1.165, 1.54) is 31.6 Å². The Bertz CT molecular complexity index is 1040. The fourth-order valence-corrected chi connectivity index (χ4v) is 2.54. The third-order valence-electron chi connectivity index (χ3n) is 3.86. The quantitative estimate of drug-likeness (QED) is 0.494. The molecule has 8 heteroatoms. The lowest BCUT2D eigenvalue weighted by atomic mass is 10.1. The molecule has 1 heterocycles. The lowest BCUT2D eigenvalue weighted by Crippen LogP contribution is -2.24. The van der Waals surface area contributed by atoms with Gasteiger partial charge in [-0.25, -0.2) is 4.98 Å². The zero-order valence-corrected chi connectivity index (χ0v) is 15.6. The molecule has 146 valence electrons. The van der Waals surface area contributed by atoms with Crippen molar-refractivity contribution in [2.45, 2.75) is 13.5 Å². The SMILES string of the molecule is CC(=O)Oc1cccc(C(=O)NCc2ccccc2NC(=O)c2cnccn2)c1. The van der Waals surface area contributed by atoms with Crippen molar-refractivity contribution in [2.24, 2.45) is 0 Å². The van der Waals surface area contributed by atoms with Crippen molar-refractivity contribution in [2.75, 3.05) is 5.32 Å². The first-order valence-corrected chi connectivity index (χ1v) is 8.75. The molecule has 2 aromatic carbocycles. The highest BCUT2D eigenvalue weighted by molar-refractivity contribution is 6.03. The summed E-state index contributed by atoms with van der Waals surface area (Å²) in [6.07, 6.45) is 4.29. The summed E-state index contributed by atoms with van der Waals surface area (Å²) in [4.78, 5) is 43.7. The lowest BCUT2D eigenvalue weighted by molar-refractivity contribution is -0.131. The number of anilines is 1. The first-order valence-electron chi connectivity index (χ1n) is 8.75. The normalized spacial score (nSPS) is 10.1. The van der Waals surface area contributed by atoms with Crippen LogP contribution in [0, 0.1) is 0 Å². The standard InChI is InChI=1S/C21H18N4O4/c1-14(26)29-17-7-4-6-15(11-17)20(27)24-12-16-5-2-3-8-18(16)25-21(28)19-13-22-9-10-23-19/h2-11,13H,12H2,1H3,(H,24,27)(H,25,28). The predicted molar refractivity (Wildman–Crippen MR) is 105 cm³/mol. The molecule has 0 unspecified atom stereocenters. The zero-order chi connectivity index (χ0) is 20.6. The molecule has 0 aliphatic carbocycles. The van der Waals surface area contributed by atoms with E-state index < -0.39 is 11.9 Å². The summed E-state index contributed by atoms with van der Waals surface area (Å²) in [6, 6.07) is 13.4. The molecule has 0 atom stereocenters. The van der Waals surface area contributed by atoms with Gasteiger partial charge in [0.05, 0.1) is 6.20 Å². The second kappa shape index (κ2) is 9.23. The number of carbonyl (C=O) groups excluding carboxylic acids is 3. The average Bonchev–Trinajstić information content (AvgIpc) is 2.73. The molecule has 3 aromatic rings. The van der Waals surface area contributed by atoms with Crippen molar-refractivity contribution >= 4 is 23.5 Å². The number of para-hydroxylation sites is 1. The fraction of sp³-hybridized carbons (Fsp3) is 0.0952. The van der Waals surface area contributed by atoms with Gasteiger partial charge < -0.3 is 15.4 Å². The van der Waals surface area contributed by atoms with Gasteiger partial charge in [-0.3, -0.25) is 19.4 Å². The highest BCUT2D eigenvalue weighted by Gasteiger charge is 2.12. The van der Waals surface area contributed by atoms with Gasteiger partial charge in [-0.2, -0.15) is 0 Å². The van der Waals surface area contributed by atoms with Crippen LogP contribution in [0.2, 0.25) is 0 Å². The Morgan fingerprint density at radius 3 is 2.59 bits per heavy atom. The molecule has 2 N–H and O–H groups in total. The van der Waals surface area contributed by atoms with E-state index in [0.717, 1.165) is 0 Å². The Kier molecular flexibility index (Phi) is 6.26. The van der Waals surface area contributed by atoms with E-state index in [4.69, 9.17) is 4.74 Å². The van der Waals surface area contributed by atoms with Crippen molar-refractivity contribution in [3.05, 3.63) is 83.9 Å². The van der Waals surface area contributed by atoms with Crippen LogP contribution in [0.15, 0.2) is 67.1 Å². The van der Waals surface area contributed by atoms with E-state index in [0.29, 0.717) is 22.6 Å². The summed E-state index contributed by atoms with van der Waals surface area (Å²) in [7, 11) is 0. The number of esters is 1. The van der Waals surface area contributed by atoms with Crippen LogP contribution >= 0.6 is 0 Å². The molecule has 0 bridgehead atoms. The van der Waals surface area contributed by atoms with Crippen LogP contribution in [0.4, 0.5) is 5.69 Å². The number of amides is 2. The van der Waals surface area contributed by atoms with Gasteiger partial charge >= 0.3 is 5.97 Å². The number of carbonyl (C=O) groups is 3. The van der Waals surface area contributed by atoms with Crippen LogP contribution in [0.1, 0.15) is 33.3 Å². The van der Waals surface area contributed by atoms with Crippen molar-refractivity contribution in [1.29, 1.82) is 0 Å². The number of rotatable bonds is 6. The summed E-state index contributed by atoms with van der Waals surface area (Å²) < 4.78 is 5.00. The van der Waals surface area contributed by atoms with Gasteiger partial charge in [0.1, 0.15) is 11.4 Å². The van der Waals surface area contributed by atoms with Crippen molar-refractivity contribution in [3.8, 4) is 5.75 Å². The van der Waals surface area contributed by atoms with Crippen LogP contribution in [0.3, 0.4) is 0 Å². The molecule has 29 heavy (non-hydrogen) atoms. The summed E-state index contributed by atoms with van der Waals surface area (Å²) in [5.74, 6) is -0.905. The highest BCUT2D eigenvalue weighted by atomic mass is 16.5. The largest absolute Gasteiger partial charge is 0.427 e. The fourth-order valence-electron chi connectivity index (χ4n) is 2.54. The van der Waals surface area contributed by atoms with Crippen LogP contribution < -0.4 is 15.4 Å². The third-order valence-corrected chi connectivity index (χ3v) is 3.86. The molecule has 8 nitrogen and oxygen atoms in total. The molecule has 0 saturated heterocycles. The number of benzene rings is 2. The van der Waals surface area contributed by atoms with Gasteiger partial charge in [-0.15, -0.1) is 0 Å². The van der Waals surface area contributed by atoms with Gasteiger partial charge in [-0.05, 0) is 29.8 Å². The molecule has 0 aliphatic rings. The Morgan fingerprint density at radius 1 is 1.00 bits per heavy atom. The number of ether oxygens (including phenoxy) is 1. The lowest BCUT2D eigenvalue weighted by Gasteiger charge is -2.12. The van der Waals surface area contributed by atoms with E-state index in [2.05, 4.69) is 20.6 Å². The third kappa shape index (κ3) is 5.46. The Hall–Kier alpha value is -4.07. The van der Waals surface area contributed by atoms with Gasteiger partial charge in [0.2, 0.25) is 0 Å². The Balaban J connectivity index is 1.67. The maximum atomic E-state index is 12.5. The zero-order valence-electron chi connectivity index (χ0n) is 15.6. The summed E-state index contributed by atoms with van der Waals surface area (Å²) in [6.45, 7) is 1.48. The minimum Gasteiger partial charge on any atom is -0.427 e. The Labute approximate surface area is 167 Å². The topological polar surface area (TPSA) is 110 Å². The molecule has 1 aromatic heterocycles. The van der Waals surface area contributed by atoms with Crippen LogP contribution in [0.5, 0.6) is 5.75 Å². The maximum absolute atomic E-state index is 12.5. The number of hydrogen-bond donors (Lipinski definition) is 2. The first-order chi connectivity index (χ1) is 14.0. The van der Waals surface area contributed by atoms with Crippen LogP contribution in [-0.4, -0.2) is 27.8 Å². The van der Waals surface area contributed by atoms with Gasteiger partial charge in [0, 0.05) is 37.1 Å². The summed E-state index contributed by atoms with van der Waals surface area (Å²) in [5, 5.41) is 5.56. The van der Waals surface area contributed by atoms with E-state index in [1.54, 1.807) is 42.5 Å². The van der Waals surface area contributed by atoms with E-state index in [1.807, 2.05) is 0 Å². The van der Waals surface area contributed by atoms with Crippen LogP contribution in [0.25, 0.3) is 0 Å². The van der Waals surface area contributed by atoms with E-state index >= 15 is 0 Å². The second-order valence-electron chi connectivity index (χ2n) is 6.01. The van der Waals surface area contributed by atoms with Crippen molar-refractivity contribution < 1.29 is 19.1 Å². The maximum Gasteiger partial charge on any atom is 0.308 e. The Morgan fingerprint density at radius 2 is 1.83 bits per heavy atom. The summed E-state index contributed by atoms with van der Waals surface area (Å²) >= 11 is 0. The molecular weight excluding hydrogens is 372 g/mol. The number of nitrogens with zero attached hydrogens (tertiary/aromatic N) is 2. The molecular formula is C21H18N4O4. The van der Waals surface area contributed by atoms with Gasteiger partial charge in [-0.1, -0.05) is 24.3 Å². The van der Waals surface area contributed by atoms with E-state index in [-0.39, 0.29) is 18.1 Å². The number of aromatic nitrogens is 2. The van der Waals surface area contributed by atoms with Crippen molar-refractivity contribution in [3.63, 3.8) is 0 Å². The second-order valence-corrected chi connectivity index (χ2v) is 6.01. The molecule has 3 rings (SSSR count). The monoisotopic (exact) mass is 390 g/mol. The van der Waals surface area contributed by atoms with Crippen LogP contribution in [-0.2, 0) is 11.3 Å². The number of hydrogen-bond acceptors (Lipinski definition) is 6. The minimum atomic E-state index is -0.463. The van der Waals surface area contributed by atoms with E-state index in [9.17, 15) is 14.4 Å². The molecule has 0 radical (unpaired) electrons. The predicted octanol–water partition coefficient (Wildman–Crippen LogP) is 2.58. The molecule has 0 spiro atoms. The molecule has 0 fully saturated rings. The highest BCUT2D eigenvalue weighted by Crippen LogP contribution is 2.17. The molecule has 0 aliphatic heterocycles. The smallest absolute Gasteiger partial charge is 0.308 e. The summed E-state index contributed by atoms with van der Waals surface area (Å²) in [5.41, 5.74) is 1.81. The number of nitrogens with one attached hydrogen (secondary N) is 2. The molecule has 0 saturated carbocycles. The van der Waals surface area contributed by atoms with Gasteiger partial charge in [0.25, 0.3) is 11.8 Å². The van der Waals surface area contributed by atoms with Crippen molar-refractivity contribution in [1.82, 2.24) is 15.3 Å². The average molecular weight is 390 g/mol. The minimum absolute atomic E-state index is 0.188. The first kappa shape index (κ1) is 19.7. The van der Waals surface area contributed by atoms with Gasteiger partial charge in [0.15, 0.2) is 0 Å². The molecule has 2 amide bonds.